The number of aromatic amines is 1. The summed E-state index contributed by atoms with van der Waals surface area (Å²) in [4.78, 5) is 27.5. The van der Waals surface area contributed by atoms with Crippen LogP contribution in [0.4, 0.5) is 10.1 Å². The summed E-state index contributed by atoms with van der Waals surface area (Å²) in [6, 6.07) is 13.7. The summed E-state index contributed by atoms with van der Waals surface area (Å²) >= 11 is 0. The molecule has 0 saturated carbocycles. The van der Waals surface area contributed by atoms with Crippen molar-refractivity contribution in [1.82, 2.24) is 14.1 Å². The van der Waals surface area contributed by atoms with Gasteiger partial charge in [-0.15, -0.1) is 0 Å². The number of pyridine rings is 1. The molecule has 7 heteroatoms. The van der Waals surface area contributed by atoms with Crippen molar-refractivity contribution in [3.8, 4) is 11.1 Å². The van der Waals surface area contributed by atoms with E-state index in [1.54, 1.807) is 33.5 Å². The van der Waals surface area contributed by atoms with Gasteiger partial charge in [-0.3, -0.25) is 13.9 Å². The van der Waals surface area contributed by atoms with E-state index in [4.69, 9.17) is 0 Å². The number of benzene rings is 2. The summed E-state index contributed by atoms with van der Waals surface area (Å²) in [7, 11) is 0. The van der Waals surface area contributed by atoms with E-state index < -0.39 is 0 Å². The lowest BCUT2D eigenvalue weighted by Gasteiger charge is -2.09. The number of aryl methyl sites for hydroxylation is 2. The summed E-state index contributed by atoms with van der Waals surface area (Å²) in [6.45, 7) is 5.42. The smallest absolute Gasteiger partial charge is 0.329 e. The molecular weight excluding hydrogens is 383 g/mol. The molecule has 30 heavy (non-hydrogen) atoms. The second-order valence-corrected chi connectivity index (χ2v) is 7.08. The summed E-state index contributed by atoms with van der Waals surface area (Å²) in [5, 5.41) is 3.28. The number of H-pyrrole nitrogens is 1. The van der Waals surface area contributed by atoms with Crippen LogP contribution < -0.4 is 16.6 Å². The number of nitrogens with one attached hydrogen (secondary N) is 2. The van der Waals surface area contributed by atoms with Crippen molar-refractivity contribution < 1.29 is 4.39 Å². The Kier molecular flexibility index (Phi) is 5.27. The quantitative estimate of drug-likeness (QED) is 0.509. The van der Waals surface area contributed by atoms with Gasteiger partial charge in [0.15, 0.2) is 0 Å². The Morgan fingerprint density at radius 2 is 1.60 bits per heavy atom. The van der Waals surface area contributed by atoms with Crippen LogP contribution in [-0.2, 0) is 19.6 Å². The van der Waals surface area contributed by atoms with E-state index in [9.17, 15) is 14.0 Å². The molecule has 2 aromatic carbocycles. The number of nitrogens with zero attached hydrogens (tertiary/aromatic N) is 2. The predicted octanol–water partition coefficient (Wildman–Crippen LogP) is 3.95. The van der Waals surface area contributed by atoms with Crippen LogP contribution in [0.15, 0.2) is 64.3 Å². The number of hydrogen-bond acceptors (Lipinski definition) is 3. The van der Waals surface area contributed by atoms with Crippen LogP contribution in [0.2, 0.25) is 0 Å². The summed E-state index contributed by atoms with van der Waals surface area (Å²) in [6.07, 6.45) is 1.62. The molecule has 0 bridgehead atoms. The molecule has 4 aromatic rings. The molecule has 2 aromatic heterocycles. The minimum Gasteiger partial charge on any atom is -0.381 e. The molecule has 0 atom stereocenters. The summed E-state index contributed by atoms with van der Waals surface area (Å²) in [5.74, 6) is -0.303. The molecule has 0 fully saturated rings. The largest absolute Gasteiger partial charge is 0.381 e. The highest BCUT2D eigenvalue weighted by molar-refractivity contribution is 5.80. The maximum atomic E-state index is 13.2. The fourth-order valence-corrected chi connectivity index (χ4v) is 3.71. The zero-order chi connectivity index (χ0) is 21.3. The highest BCUT2D eigenvalue weighted by Gasteiger charge is 2.12. The lowest BCUT2D eigenvalue weighted by atomic mass is 10.1. The number of hydrogen-bond donors (Lipinski definition) is 2. The Hall–Kier alpha value is -3.61. The van der Waals surface area contributed by atoms with Crippen LogP contribution in [0.3, 0.4) is 0 Å². The molecule has 0 aliphatic heterocycles. The van der Waals surface area contributed by atoms with Gasteiger partial charge in [0.25, 0.3) is 5.56 Å². The van der Waals surface area contributed by atoms with Crippen molar-refractivity contribution in [2.24, 2.45) is 0 Å². The van der Waals surface area contributed by atoms with Gasteiger partial charge < -0.3 is 10.3 Å². The van der Waals surface area contributed by atoms with Gasteiger partial charge in [0, 0.05) is 37.1 Å². The van der Waals surface area contributed by atoms with E-state index >= 15 is 0 Å². The standard InChI is InChI=1S/C23H23FN4O2/c1-3-27-20-10-9-19(12-21(20)28(4-2)23(27)30)25-14-17-11-16(13-26-22(17)29)15-5-7-18(24)8-6-15/h5-13,25H,3-4,14H2,1-2H3,(H,26,29). The minimum atomic E-state index is -0.303. The monoisotopic (exact) mass is 406 g/mol. The molecule has 0 aliphatic rings. The second-order valence-electron chi connectivity index (χ2n) is 7.08. The molecule has 0 aliphatic carbocycles. The van der Waals surface area contributed by atoms with E-state index in [2.05, 4.69) is 10.3 Å². The molecule has 2 N–H and O–H groups in total. The number of fused-ring (bicyclic) bond motifs is 1. The van der Waals surface area contributed by atoms with Crippen LogP contribution in [0.1, 0.15) is 19.4 Å². The Balaban J connectivity index is 1.62. The number of imidazole rings is 1. The topological polar surface area (TPSA) is 71.8 Å². The summed E-state index contributed by atoms with van der Waals surface area (Å²) in [5.41, 5.74) is 4.58. The van der Waals surface area contributed by atoms with E-state index in [0.717, 1.165) is 27.8 Å². The van der Waals surface area contributed by atoms with Crippen molar-refractivity contribution in [1.29, 1.82) is 0 Å². The Bertz CT molecular complexity index is 1320. The molecule has 0 radical (unpaired) electrons. The van der Waals surface area contributed by atoms with Gasteiger partial charge in [-0.05, 0) is 61.4 Å². The van der Waals surface area contributed by atoms with Crippen LogP contribution in [0.5, 0.6) is 0 Å². The van der Waals surface area contributed by atoms with Crippen LogP contribution in [0.25, 0.3) is 22.2 Å². The molecule has 0 unspecified atom stereocenters. The van der Waals surface area contributed by atoms with Crippen molar-refractivity contribution >= 4 is 16.7 Å². The highest BCUT2D eigenvalue weighted by atomic mass is 19.1. The first kappa shape index (κ1) is 19.7. The number of rotatable bonds is 6. The molecule has 154 valence electrons. The molecule has 4 rings (SSSR count). The first-order chi connectivity index (χ1) is 14.5. The third-order valence-corrected chi connectivity index (χ3v) is 5.29. The second kappa shape index (κ2) is 8.02. The number of halogens is 1. The lowest BCUT2D eigenvalue weighted by Crippen LogP contribution is -2.23. The van der Waals surface area contributed by atoms with E-state index in [1.807, 2.05) is 32.0 Å². The van der Waals surface area contributed by atoms with Gasteiger partial charge in [-0.1, -0.05) is 12.1 Å². The lowest BCUT2D eigenvalue weighted by molar-refractivity contribution is 0.628. The van der Waals surface area contributed by atoms with Crippen molar-refractivity contribution in [2.75, 3.05) is 5.32 Å². The SMILES string of the molecule is CCn1c(=O)n(CC)c2cc(NCc3cc(-c4ccc(F)cc4)c[nH]c3=O)ccc21. The first-order valence-corrected chi connectivity index (χ1v) is 9.96. The van der Waals surface area contributed by atoms with Gasteiger partial charge in [0.2, 0.25) is 0 Å². The molecule has 0 spiro atoms. The molecule has 6 nitrogen and oxygen atoms in total. The summed E-state index contributed by atoms with van der Waals surface area (Å²) < 4.78 is 16.7. The van der Waals surface area contributed by atoms with Crippen molar-refractivity contribution in [3.05, 3.63) is 86.9 Å². The van der Waals surface area contributed by atoms with Crippen molar-refractivity contribution in [2.45, 2.75) is 33.5 Å². The van der Waals surface area contributed by atoms with Crippen LogP contribution in [-0.4, -0.2) is 14.1 Å². The number of aromatic nitrogens is 3. The average molecular weight is 406 g/mol. The minimum absolute atomic E-state index is 0.0180. The van der Waals surface area contributed by atoms with Crippen LogP contribution in [0, 0.1) is 5.82 Å². The maximum absolute atomic E-state index is 13.2. The highest BCUT2D eigenvalue weighted by Crippen LogP contribution is 2.21. The van der Waals surface area contributed by atoms with Gasteiger partial charge in [0.1, 0.15) is 5.82 Å². The fraction of sp³-hybridized carbons (Fsp3) is 0.217. The van der Waals surface area contributed by atoms with Crippen molar-refractivity contribution in [3.63, 3.8) is 0 Å². The molecule has 0 saturated heterocycles. The Morgan fingerprint density at radius 1 is 0.900 bits per heavy atom. The van der Waals surface area contributed by atoms with Crippen LogP contribution >= 0.6 is 0 Å². The normalized spacial score (nSPS) is 11.2. The first-order valence-electron chi connectivity index (χ1n) is 9.96. The maximum Gasteiger partial charge on any atom is 0.329 e. The molecule has 0 amide bonds. The van der Waals surface area contributed by atoms with Gasteiger partial charge in [-0.2, -0.15) is 0 Å². The van der Waals surface area contributed by atoms with Gasteiger partial charge in [0.05, 0.1) is 11.0 Å². The molecular formula is C23H23FN4O2. The zero-order valence-electron chi connectivity index (χ0n) is 16.9. The Morgan fingerprint density at radius 3 is 2.30 bits per heavy atom. The predicted molar refractivity (Wildman–Crippen MR) is 117 cm³/mol. The van der Waals surface area contributed by atoms with E-state index in [1.165, 1.54) is 12.1 Å². The third kappa shape index (κ3) is 3.54. The average Bonchev–Trinajstić information content (AvgIpc) is 3.03. The molecule has 2 heterocycles. The fourth-order valence-electron chi connectivity index (χ4n) is 3.71. The van der Waals surface area contributed by atoms with Gasteiger partial charge >= 0.3 is 5.69 Å². The van der Waals surface area contributed by atoms with E-state index in [0.29, 0.717) is 25.2 Å². The Labute approximate surface area is 172 Å². The zero-order valence-corrected chi connectivity index (χ0v) is 16.9. The van der Waals surface area contributed by atoms with E-state index in [-0.39, 0.29) is 17.1 Å². The van der Waals surface area contributed by atoms with Gasteiger partial charge in [-0.25, -0.2) is 9.18 Å². The number of anilines is 1. The third-order valence-electron chi connectivity index (χ3n) is 5.29.